The molecule has 0 fully saturated rings. The first-order chi connectivity index (χ1) is 27.9. The van der Waals surface area contributed by atoms with Crippen molar-refractivity contribution in [2.45, 2.75) is 0 Å². The van der Waals surface area contributed by atoms with Gasteiger partial charge in [0, 0.05) is 17.1 Å². The van der Waals surface area contributed by atoms with E-state index in [0.29, 0.717) is 5.56 Å². The topological polar surface area (TPSA) is 3.24 Å². The summed E-state index contributed by atoms with van der Waals surface area (Å²) in [4.78, 5) is 1.84. The lowest BCUT2D eigenvalue weighted by atomic mass is 9.95. The lowest BCUT2D eigenvalue weighted by Gasteiger charge is -2.26. The van der Waals surface area contributed by atoms with Gasteiger partial charge >= 0.3 is 0 Å². The van der Waals surface area contributed by atoms with Crippen LogP contribution in [0.5, 0.6) is 0 Å². The molecule has 9 rings (SSSR count). The Labute approximate surface area is 317 Å². The van der Waals surface area contributed by atoms with E-state index in [0.717, 1.165) is 66.7 Å². The third kappa shape index (κ3) is 6.65. The summed E-state index contributed by atoms with van der Waals surface area (Å²) in [6.45, 7) is 0. The molecule has 0 aliphatic rings. The van der Waals surface area contributed by atoms with Gasteiger partial charge in [0.25, 0.3) is 0 Å². The zero-order valence-corrected chi connectivity index (χ0v) is 29.0. The Morgan fingerprint density at radius 1 is 0.283 bits per heavy atom. The molecule has 9 aromatic carbocycles. The molecule has 0 heterocycles. The maximum absolute atomic E-state index is 9.49. The van der Waals surface area contributed by atoms with Crippen LogP contribution in [0, 0.1) is 0 Å². The molecule has 0 saturated carbocycles. The van der Waals surface area contributed by atoms with Crippen LogP contribution in [0.2, 0.25) is 0 Å². The van der Waals surface area contributed by atoms with Gasteiger partial charge < -0.3 is 4.90 Å². The molecule has 0 N–H and O–H groups in total. The molecule has 9 aromatic rings. The number of rotatable bonds is 8. The van der Waals surface area contributed by atoms with Crippen LogP contribution in [-0.2, 0) is 0 Å². The quantitative estimate of drug-likeness (QED) is 0.154. The van der Waals surface area contributed by atoms with Crippen LogP contribution >= 0.6 is 0 Å². The number of hydrogen-bond donors (Lipinski definition) is 0. The molecule has 0 bridgehead atoms. The van der Waals surface area contributed by atoms with Crippen LogP contribution in [0.3, 0.4) is 0 Å². The normalized spacial score (nSPS) is 12.1. The zero-order valence-electron chi connectivity index (χ0n) is 33.0. The van der Waals surface area contributed by atoms with Gasteiger partial charge in [-0.05, 0) is 109 Å². The molecule has 0 unspecified atom stereocenters. The number of benzene rings is 9. The predicted octanol–water partition coefficient (Wildman–Crippen LogP) is 14.6. The molecule has 1 nitrogen and oxygen atoms in total. The average Bonchev–Trinajstić information content (AvgIpc) is 3.28. The summed E-state index contributed by atoms with van der Waals surface area (Å²) in [5.74, 6) is 0. The fraction of sp³-hybridized carbons (Fsp3) is 0. The standard InChI is InChI=1S/C52H37N/c1-3-11-38(12-4-1)40-21-23-41(24-22-40)43-27-33-49(34-28-43)53(48-31-25-42(26-32-48)39-13-5-2-6-14-39)50-35-29-44(30-36-50)46-17-9-18-47(37-46)52-20-10-16-45-15-7-8-19-51(45)52/h1-37H/i29D,30D,35D,36D. The Bertz CT molecular complexity index is 2820. The van der Waals surface area contributed by atoms with Crippen molar-refractivity contribution in [3.8, 4) is 55.6 Å². The number of nitrogens with zero attached hydrogens (tertiary/aromatic N) is 1. The molecule has 0 atom stereocenters. The molecular weight excluding hydrogens is 639 g/mol. The third-order valence-electron chi connectivity index (χ3n) is 9.77. The second-order valence-electron chi connectivity index (χ2n) is 13.1. The van der Waals surface area contributed by atoms with Crippen molar-refractivity contribution in [2.24, 2.45) is 0 Å². The van der Waals surface area contributed by atoms with Gasteiger partial charge in [-0.3, -0.25) is 0 Å². The van der Waals surface area contributed by atoms with Gasteiger partial charge in [0.2, 0.25) is 0 Å². The van der Waals surface area contributed by atoms with Gasteiger partial charge in [-0.1, -0.05) is 182 Å². The zero-order chi connectivity index (χ0) is 38.9. The first-order valence-corrected chi connectivity index (χ1v) is 17.8. The number of anilines is 3. The number of fused-ring (bicyclic) bond motifs is 1. The van der Waals surface area contributed by atoms with Crippen molar-refractivity contribution in [1.29, 1.82) is 0 Å². The molecule has 0 amide bonds. The fourth-order valence-corrected chi connectivity index (χ4v) is 7.01. The number of hydrogen-bond acceptors (Lipinski definition) is 1. The van der Waals surface area contributed by atoms with Crippen LogP contribution < -0.4 is 4.90 Å². The predicted molar refractivity (Wildman–Crippen MR) is 226 cm³/mol. The molecule has 53 heavy (non-hydrogen) atoms. The summed E-state index contributed by atoms with van der Waals surface area (Å²) in [6, 6.07) is 66.8. The first kappa shape index (κ1) is 27.7. The van der Waals surface area contributed by atoms with Crippen molar-refractivity contribution in [1.82, 2.24) is 0 Å². The van der Waals surface area contributed by atoms with E-state index in [1.807, 2.05) is 132 Å². The second kappa shape index (κ2) is 14.3. The summed E-state index contributed by atoms with van der Waals surface area (Å²) >= 11 is 0. The fourth-order valence-electron chi connectivity index (χ4n) is 7.01. The summed E-state index contributed by atoms with van der Waals surface area (Å²) < 4.78 is 37.8. The minimum Gasteiger partial charge on any atom is -0.311 e. The highest BCUT2D eigenvalue weighted by atomic mass is 15.1. The SMILES string of the molecule is [2H]c1c([2H])c(N(c2ccc(-c3ccccc3)cc2)c2ccc(-c3ccc(-c4ccccc4)cc3)cc2)c([2H])c([2H])c1-c1cccc(-c2cccc3ccccc23)c1. The van der Waals surface area contributed by atoms with Gasteiger partial charge in [0.15, 0.2) is 0 Å². The van der Waals surface area contributed by atoms with E-state index in [2.05, 4.69) is 72.8 Å². The highest BCUT2D eigenvalue weighted by molar-refractivity contribution is 5.97. The molecule has 0 aliphatic heterocycles. The Morgan fingerprint density at radius 2 is 0.698 bits per heavy atom. The molecule has 1 heteroatoms. The molecule has 0 spiro atoms. The van der Waals surface area contributed by atoms with Crippen molar-refractivity contribution >= 4 is 27.8 Å². The van der Waals surface area contributed by atoms with Crippen molar-refractivity contribution in [3.63, 3.8) is 0 Å². The largest absolute Gasteiger partial charge is 0.311 e. The monoisotopic (exact) mass is 679 g/mol. The van der Waals surface area contributed by atoms with E-state index in [-0.39, 0.29) is 35.4 Å². The van der Waals surface area contributed by atoms with E-state index in [1.54, 1.807) is 0 Å². The second-order valence-corrected chi connectivity index (χ2v) is 13.1. The van der Waals surface area contributed by atoms with Crippen LogP contribution in [-0.4, -0.2) is 0 Å². The van der Waals surface area contributed by atoms with Crippen LogP contribution in [0.4, 0.5) is 17.1 Å². The van der Waals surface area contributed by atoms with Gasteiger partial charge in [0.1, 0.15) is 0 Å². The van der Waals surface area contributed by atoms with E-state index in [4.69, 9.17) is 0 Å². The first-order valence-electron chi connectivity index (χ1n) is 19.8. The van der Waals surface area contributed by atoms with Gasteiger partial charge in [-0.15, -0.1) is 0 Å². The highest BCUT2D eigenvalue weighted by Crippen LogP contribution is 2.39. The van der Waals surface area contributed by atoms with E-state index in [1.165, 1.54) is 0 Å². The summed E-state index contributed by atoms with van der Waals surface area (Å²) in [6.07, 6.45) is 0. The van der Waals surface area contributed by atoms with E-state index >= 15 is 0 Å². The van der Waals surface area contributed by atoms with Crippen LogP contribution in [0.15, 0.2) is 224 Å². The molecule has 0 aliphatic carbocycles. The van der Waals surface area contributed by atoms with Gasteiger partial charge in [-0.2, -0.15) is 0 Å². The van der Waals surface area contributed by atoms with E-state index < -0.39 is 0 Å². The molecule has 0 aromatic heterocycles. The smallest absolute Gasteiger partial charge is 0.0645 e. The highest BCUT2D eigenvalue weighted by Gasteiger charge is 2.14. The van der Waals surface area contributed by atoms with Gasteiger partial charge in [-0.25, -0.2) is 0 Å². The maximum Gasteiger partial charge on any atom is 0.0645 e. The molecule has 0 radical (unpaired) electrons. The molecule has 0 saturated heterocycles. The Morgan fingerprint density at radius 3 is 1.26 bits per heavy atom. The molecule has 250 valence electrons. The van der Waals surface area contributed by atoms with Crippen molar-refractivity contribution in [3.05, 3.63) is 224 Å². The minimum atomic E-state index is -0.116. The summed E-state index contributed by atoms with van der Waals surface area (Å²) in [7, 11) is 0. The lowest BCUT2D eigenvalue weighted by molar-refractivity contribution is 1.28. The average molecular weight is 680 g/mol. The minimum absolute atomic E-state index is 0.0953. The summed E-state index contributed by atoms with van der Waals surface area (Å²) in [5, 5.41) is 2.23. The van der Waals surface area contributed by atoms with Crippen LogP contribution in [0.25, 0.3) is 66.4 Å². The van der Waals surface area contributed by atoms with Crippen molar-refractivity contribution in [2.75, 3.05) is 4.90 Å². The lowest BCUT2D eigenvalue weighted by Crippen LogP contribution is -2.09. The van der Waals surface area contributed by atoms with Crippen molar-refractivity contribution < 1.29 is 5.48 Å². The summed E-state index contributed by atoms with van der Waals surface area (Å²) in [5.41, 5.74) is 11.0. The third-order valence-corrected chi connectivity index (χ3v) is 9.77. The Hall–Kier alpha value is -6.96. The van der Waals surface area contributed by atoms with Gasteiger partial charge in [0.05, 0.1) is 5.48 Å². The van der Waals surface area contributed by atoms with E-state index in [9.17, 15) is 5.48 Å². The molecular formula is C52H37N. The Kier molecular flexibility index (Phi) is 7.50. The Balaban J connectivity index is 1.14. The maximum atomic E-state index is 9.49. The van der Waals surface area contributed by atoms with Crippen LogP contribution in [0.1, 0.15) is 5.48 Å².